The molecule has 0 amide bonds. The van der Waals surface area contributed by atoms with Gasteiger partial charge in [-0.25, -0.2) is 0 Å². The van der Waals surface area contributed by atoms with Gasteiger partial charge in [0.1, 0.15) is 23.4 Å². The first-order valence-electron chi connectivity index (χ1n) is 5.58. The first-order valence-corrected chi connectivity index (χ1v) is 5.96. The number of benzene rings is 2. The Labute approximate surface area is 109 Å². The van der Waals surface area contributed by atoms with Crippen LogP contribution in [0.25, 0.3) is 11.1 Å². The summed E-state index contributed by atoms with van der Waals surface area (Å²) in [5, 5.41) is 19.4. The van der Waals surface area contributed by atoms with Crippen LogP contribution in [0.4, 0.5) is 0 Å². The van der Waals surface area contributed by atoms with Crippen LogP contribution in [0.2, 0.25) is 5.02 Å². The van der Waals surface area contributed by atoms with Crippen LogP contribution < -0.4 is 4.74 Å². The normalized spacial score (nSPS) is 16.7. The van der Waals surface area contributed by atoms with Crippen molar-refractivity contribution in [3.63, 3.8) is 0 Å². The van der Waals surface area contributed by atoms with E-state index >= 15 is 0 Å². The Morgan fingerprint density at radius 2 is 1.89 bits per heavy atom. The van der Waals surface area contributed by atoms with Gasteiger partial charge in [0.05, 0.1) is 5.02 Å². The van der Waals surface area contributed by atoms with Crippen molar-refractivity contribution in [2.75, 3.05) is 0 Å². The summed E-state index contributed by atoms with van der Waals surface area (Å²) < 4.78 is 5.72. The van der Waals surface area contributed by atoms with Gasteiger partial charge in [0.2, 0.25) is 0 Å². The van der Waals surface area contributed by atoms with Crippen molar-refractivity contribution in [2.24, 2.45) is 0 Å². The second-order valence-corrected chi connectivity index (χ2v) is 4.74. The predicted molar refractivity (Wildman–Crippen MR) is 69.3 cm³/mol. The molecule has 3 rings (SSSR count). The summed E-state index contributed by atoms with van der Waals surface area (Å²) in [7, 11) is 0. The molecule has 2 N–H and O–H groups in total. The maximum atomic E-state index is 9.60. The summed E-state index contributed by atoms with van der Waals surface area (Å²) in [4.78, 5) is 0. The maximum absolute atomic E-state index is 9.60. The van der Waals surface area contributed by atoms with Gasteiger partial charge in [0, 0.05) is 17.2 Å². The Bertz CT molecular complexity index is 637. The zero-order chi connectivity index (χ0) is 12.9. The molecule has 0 radical (unpaired) electrons. The molecule has 0 aliphatic carbocycles. The van der Waals surface area contributed by atoms with E-state index in [2.05, 4.69) is 0 Å². The molecule has 0 saturated carbocycles. The summed E-state index contributed by atoms with van der Waals surface area (Å²) >= 11 is 5.92. The minimum Gasteiger partial charge on any atom is -0.508 e. The number of rotatable bonds is 0. The van der Waals surface area contributed by atoms with Gasteiger partial charge in [-0.3, -0.25) is 0 Å². The largest absolute Gasteiger partial charge is 0.508 e. The molecule has 0 fully saturated rings. The number of phenols is 2. The monoisotopic (exact) mass is 262 g/mol. The Morgan fingerprint density at radius 3 is 2.67 bits per heavy atom. The molecule has 1 aliphatic rings. The molecule has 2 aromatic carbocycles. The van der Waals surface area contributed by atoms with Crippen molar-refractivity contribution in [3.05, 3.63) is 40.9 Å². The van der Waals surface area contributed by atoms with Crippen molar-refractivity contribution in [2.45, 2.75) is 13.0 Å². The van der Waals surface area contributed by atoms with Crippen molar-refractivity contribution in [3.8, 4) is 28.4 Å². The van der Waals surface area contributed by atoms with Crippen LogP contribution in [0.5, 0.6) is 17.2 Å². The molecular formula is C14H11ClO3. The lowest BCUT2D eigenvalue weighted by molar-refractivity contribution is 0.222. The van der Waals surface area contributed by atoms with Crippen LogP contribution in [0, 0.1) is 0 Å². The lowest BCUT2D eigenvalue weighted by Gasteiger charge is -2.26. The fourth-order valence-electron chi connectivity index (χ4n) is 2.24. The second kappa shape index (κ2) is 3.82. The van der Waals surface area contributed by atoms with E-state index in [1.165, 1.54) is 6.07 Å². The van der Waals surface area contributed by atoms with E-state index in [0.717, 1.165) is 16.7 Å². The summed E-state index contributed by atoms with van der Waals surface area (Å²) in [6.45, 7) is 1.90. The van der Waals surface area contributed by atoms with Gasteiger partial charge in [0.15, 0.2) is 0 Å². The number of aromatic hydroxyl groups is 2. The Balaban J connectivity index is 2.28. The van der Waals surface area contributed by atoms with Gasteiger partial charge in [-0.1, -0.05) is 17.7 Å². The van der Waals surface area contributed by atoms with Crippen LogP contribution in [-0.4, -0.2) is 10.2 Å². The highest BCUT2D eigenvalue weighted by molar-refractivity contribution is 6.32. The van der Waals surface area contributed by atoms with E-state index in [-0.39, 0.29) is 22.6 Å². The number of ether oxygens (including phenoxy) is 1. The zero-order valence-electron chi connectivity index (χ0n) is 9.64. The van der Waals surface area contributed by atoms with Crippen LogP contribution in [0.1, 0.15) is 18.6 Å². The molecule has 2 aromatic rings. The first kappa shape index (κ1) is 11.2. The Morgan fingerprint density at radius 1 is 1.11 bits per heavy atom. The van der Waals surface area contributed by atoms with Crippen molar-refractivity contribution in [1.82, 2.24) is 0 Å². The van der Waals surface area contributed by atoms with Crippen LogP contribution >= 0.6 is 11.6 Å². The van der Waals surface area contributed by atoms with Crippen LogP contribution in [0.15, 0.2) is 30.3 Å². The number of fused-ring (bicyclic) bond motifs is 3. The molecule has 18 heavy (non-hydrogen) atoms. The summed E-state index contributed by atoms with van der Waals surface area (Å²) in [6, 6.07) is 8.33. The van der Waals surface area contributed by atoms with Gasteiger partial charge in [-0.15, -0.1) is 0 Å². The van der Waals surface area contributed by atoms with E-state index in [9.17, 15) is 10.2 Å². The van der Waals surface area contributed by atoms with Crippen molar-refractivity contribution in [1.29, 1.82) is 0 Å². The minimum atomic E-state index is -0.180. The molecule has 3 nitrogen and oxygen atoms in total. The number of hydrogen-bond donors (Lipinski definition) is 2. The summed E-state index contributed by atoms with van der Waals surface area (Å²) in [6.07, 6.45) is -0.180. The first-order chi connectivity index (χ1) is 8.56. The van der Waals surface area contributed by atoms with Crippen LogP contribution in [-0.2, 0) is 0 Å². The highest BCUT2D eigenvalue weighted by Crippen LogP contribution is 2.46. The number of halogens is 1. The number of hydrogen-bond acceptors (Lipinski definition) is 3. The van der Waals surface area contributed by atoms with E-state index in [4.69, 9.17) is 16.3 Å². The summed E-state index contributed by atoms with van der Waals surface area (Å²) in [5.74, 6) is 0.810. The third-order valence-electron chi connectivity index (χ3n) is 3.12. The molecule has 0 aromatic heterocycles. The van der Waals surface area contributed by atoms with Crippen molar-refractivity contribution >= 4 is 11.6 Å². The highest BCUT2D eigenvalue weighted by atomic mass is 35.5. The van der Waals surface area contributed by atoms with E-state index in [1.54, 1.807) is 18.2 Å². The van der Waals surface area contributed by atoms with Gasteiger partial charge < -0.3 is 14.9 Å². The Hall–Kier alpha value is -1.87. The lowest BCUT2D eigenvalue weighted by atomic mass is 9.93. The molecule has 0 bridgehead atoms. The highest BCUT2D eigenvalue weighted by Gasteiger charge is 2.24. The average molecular weight is 263 g/mol. The zero-order valence-corrected chi connectivity index (χ0v) is 10.4. The van der Waals surface area contributed by atoms with E-state index in [0.29, 0.717) is 5.75 Å². The quantitative estimate of drug-likeness (QED) is 0.758. The summed E-state index contributed by atoms with van der Waals surface area (Å²) in [5.41, 5.74) is 2.69. The van der Waals surface area contributed by atoms with E-state index < -0.39 is 0 Å². The van der Waals surface area contributed by atoms with Gasteiger partial charge in [-0.05, 0) is 30.7 Å². The molecule has 0 saturated heterocycles. The standard InChI is InChI=1S/C14H11ClO3/c1-7-10-4-8(16)2-3-9(10)11-5-12(15)13(17)6-14(11)18-7/h2-7,16-17H,1H3. The van der Waals surface area contributed by atoms with Crippen LogP contribution in [0.3, 0.4) is 0 Å². The molecule has 4 heteroatoms. The minimum absolute atomic E-state index is 0.00449. The van der Waals surface area contributed by atoms with Gasteiger partial charge >= 0.3 is 0 Å². The van der Waals surface area contributed by atoms with E-state index in [1.807, 2.05) is 13.0 Å². The third kappa shape index (κ3) is 1.59. The number of phenolic OH excluding ortho intramolecular Hbond substituents is 2. The lowest BCUT2D eigenvalue weighted by Crippen LogP contribution is -2.10. The molecule has 1 heterocycles. The fourth-order valence-corrected chi connectivity index (χ4v) is 2.40. The van der Waals surface area contributed by atoms with Gasteiger partial charge in [-0.2, -0.15) is 0 Å². The molecule has 1 atom stereocenters. The SMILES string of the molecule is CC1Oc2cc(O)c(Cl)cc2-c2ccc(O)cc21. The fraction of sp³-hybridized carbons (Fsp3) is 0.143. The maximum Gasteiger partial charge on any atom is 0.137 e. The molecular weight excluding hydrogens is 252 g/mol. The molecule has 92 valence electrons. The second-order valence-electron chi connectivity index (χ2n) is 4.33. The third-order valence-corrected chi connectivity index (χ3v) is 3.42. The van der Waals surface area contributed by atoms with Crippen molar-refractivity contribution < 1.29 is 14.9 Å². The molecule has 1 unspecified atom stereocenters. The predicted octanol–water partition coefficient (Wildman–Crippen LogP) is 3.87. The smallest absolute Gasteiger partial charge is 0.137 e. The molecule has 0 spiro atoms. The average Bonchev–Trinajstić information content (AvgIpc) is 2.32. The topological polar surface area (TPSA) is 49.7 Å². The Kier molecular flexibility index (Phi) is 2.38. The van der Waals surface area contributed by atoms with Gasteiger partial charge in [0.25, 0.3) is 0 Å². The molecule has 1 aliphatic heterocycles.